The normalized spacial score (nSPS) is 10.7. The van der Waals surface area contributed by atoms with Gasteiger partial charge in [-0.3, -0.25) is 0 Å². The molecule has 0 bridgehead atoms. The molecule has 0 unspecified atom stereocenters. The number of aromatic nitrogens is 2. The first kappa shape index (κ1) is 9.55. The van der Waals surface area contributed by atoms with Crippen LogP contribution in [-0.2, 0) is 6.54 Å². The van der Waals surface area contributed by atoms with Crippen LogP contribution in [0.1, 0.15) is 10.4 Å². The van der Waals surface area contributed by atoms with Gasteiger partial charge in [0.1, 0.15) is 10.8 Å². The Morgan fingerprint density at radius 3 is 2.93 bits per heavy atom. The van der Waals surface area contributed by atoms with Gasteiger partial charge in [-0.25, -0.2) is 4.68 Å². The average molecular weight is 228 g/mol. The lowest BCUT2D eigenvalue weighted by Gasteiger charge is -2.02. The van der Waals surface area contributed by atoms with Gasteiger partial charge in [-0.2, -0.15) is 5.10 Å². The summed E-state index contributed by atoms with van der Waals surface area (Å²) >= 11 is 7.51. The van der Waals surface area contributed by atoms with Gasteiger partial charge >= 0.3 is 0 Å². The molecule has 2 aromatic heterocycles. The first-order valence-corrected chi connectivity index (χ1v) is 5.44. The van der Waals surface area contributed by atoms with Crippen LogP contribution in [0.25, 0.3) is 0 Å². The highest BCUT2D eigenvalue weighted by atomic mass is 35.5. The zero-order valence-corrected chi connectivity index (χ0v) is 9.27. The molecular weight excluding hydrogens is 218 g/mol. The summed E-state index contributed by atoms with van der Waals surface area (Å²) in [6.45, 7) is 2.77. The molecule has 0 saturated heterocycles. The highest BCUT2D eigenvalue weighted by Crippen LogP contribution is 2.21. The second kappa shape index (κ2) is 3.63. The summed E-state index contributed by atoms with van der Waals surface area (Å²) < 4.78 is 1.71. The van der Waals surface area contributed by atoms with E-state index in [4.69, 9.17) is 17.3 Å². The van der Waals surface area contributed by atoms with Crippen molar-refractivity contribution in [3.8, 4) is 0 Å². The zero-order chi connectivity index (χ0) is 10.1. The minimum Gasteiger partial charge on any atom is -0.383 e. The molecule has 2 N–H and O–H groups in total. The van der Waals surface area contributed by atoms with Crippen molar-refractivity contribution in [1.29, 1.82) is 0 Å². The fourth-order valence-corrected chi connectivity index (χ4v) is 2.23. The number of halogens is 1. The maximum absolute atomic E-state index is 5.80. The van der Waals surface area contributed by atoms with Gasteiger partial charge in [-0.15, -0.1) is 11.3 Å². The van der Waals surface area contributed by atoms with Crippen LogP contribution in [0.5, 0.6) is 0 Å². The molecule has 0 aliphatic rings. The zero-order valence-electron chi connectivity index (χ0n) is 7.70. The Hall–Kier alpha value is -1.00. The predicted molar refractivity (Wildman–Crippen MR) is 59.8 cm³/mol. The van der Waals surface area contributed by atoms with E-state index in [1.165, 1.54) is 10.4 Å². The van der Waals surface area contributed by atoms with Gasteiger partial charge in [0.05, 0.1) is 12.7 Å². The van der Waals surface area contributed by atoms with Crippen LogP contribution < -0.4 is 5.73 Å². The number of anilines is 1. The van der Waals surface area contributed by atoms with E-state index in [1.54, 1.807) is 22.2 Å². The van der Waals surface area contributed by atoms with Crippen LogP contribution in [0.4, 0.5) is 5.82 Å². The minimum atomic E-state index is 0.513. The van der Waals surface area contributed by atoms with E-state index < -0.39 is 0 Å². The topological polar surface area (TPSA) is 43.8 Å². The van der Waals surface area contributed by atoms with Gasteiger partial charge < -0.3 is 5.73 Å². The van der Waals surface area contributed by atoms with E-state index >= 15 is 0 Å². The van der Waals surface area contributed by atoms with Crippen molar-refractivity contribution >= 4 is 28.8 Å². The number of aryl methyl sites for hydroxylation is 1. The van der Waals surface area contributed by atoms with Crippen LogP contribution in [0, 0.1) is 6.92 Å². The summed E-state index contributed by atoms with van der Waals surface area (Å²) in [5.74, 6) is 0.527. The first-order chi connectivity index (χ1) is 6.68. The molecule has 2 heterocycles. The monoisotopic (exact) mass is 227 g/mol. The van der Waals surface area contributed by atoms with Gasteiger partial charge in [0, 0.05) is 4.88 Å². The number of hydrogen-bond donors (Lipinski definition) is 1. The number of nitrogen functional groups attached to an aromatic ring is 1. The van der Waals surface area contributed by atoms with Crippen molar-refractivity contribution in [2.45, 2.75) is 13.5 Å². The van der Waals surface area contributed by atoms with Gasteiger partial charge in [0.2, 0.25) is 0 Å². The van der Waals surface area contributed by atoms with Crippen molar-refractivity contribution in [2.75, 3.05) is 5.73 Å². The van der Waals surface area contributed by atoms with E-state index in [0.29, 0.717) is 17.4 Å². The second-order valence-corrected chi connectivity index (χ2v) is 4.47. The number of nitrogens with zero attached hydrogens (tertiary/aromatic N) is 2. The van der Waals surface area contributed by atoms with E-state index in [0.717, 1.165) is 0 Å². The highest BCUT2D eigenvalue weighted by Gasteiger charge is 2.07. The maximum Gasteiger partial charge on any atom is 0.140 e. The lowest BCUT2D eigenvalue weighted by atomic mass is 10.3. The van der Waals surface area contributed by atoms with Crippen molar-refractivity contribution in [1.82, 2.24) is 9.78 Å². The Kier molecular flexibility index (Phi) is 2.48. The van der Waals surface area contributed by atoms with Crippen LogP contribution in [0.15, 0.2) is 17.6 Å². The molecule has 0 aromatic carbocycles. The summed E-state index contributed by atoms with van der Waals surface area (Å²) in [6, 6.07) is 2.08. The SMILES string of the molecule is Cc1ccsc1Cn1ncc(Cl)c1N. The van der Waals surface area contributed by atoms with Crippen molar-refractivity contribution in [2.24, 2.45) is 0 Å². The largest absolute Gasteiger partial charge is 0.383 e. The fraction of sp³-hybridized carbons (Fsp3) is 0.222. The van der Waals surface area contributed by atoms with Gasteiger partial charge in [0.25, 0.3) is 0 Å². The summed E-state index contributed by atoms with van der Waals surface area (Å²) in [6.07, 6.45) is 1.57. The Balaban J connectivity index is 2.27. The lowest BCUT2D eigenvalue weighted by molar-refractivity contribution is 0.703. The number of nitrogens with two attached hydrogens (primary N) is 1. The molecule has 14 heavy (non-hydrogen) atoms. The first-order valence-electron chi connectivity index (χ1n) is 4.18. The van der Waals surface area contributed by atoms with Crippen LogP contribution in [-0.4, -0.2) is 9.78 Å². The van der Waals surface area contributed by atoms with Gasteiger partial charge in [-0.1, -0.05) is 11.6 Å². The molecule has 2 aromatic rings. The van der Waals surface area contributed by atoms with E-state index in [1.807, 2.05) is 0 Å². The predicted octanol–water partition coefficient (Wildman–Crippen LogP) is 2.54. The van der Waals surface area contributed by atoms with Crippen LogP contribution in [0.3, 0.4) is 0 Å². The molecule has 2 rings (SSSR count). The third-order valence-electron chi connectivity index (χ3n) is 2.09. The molecule has 5 heteroatoms. The van der Waals surface area contributed by atoms with Gasteiger partial charge in [0.15, 0.2) is 0 Å². The Morgan fingerprint density at radius 2 is 2.43 bits per heavy atom. The molecule has 3 nitrogen and oxygen atoms in total. The van der Waals surface area contributed by atoms with Crippen molar-refractivity contribution in [3.05, 3.63) is 33.1 Å². The molecule has 74 valence electrons. The quantitative estimate of drug-likeness (QED) is 0.857. The maximum atomic E-state index is 5.80. The molecule has 0 fully saturated rings. The highest BCUT2D eigenvalue weighted by molar-refractivity contribution is 7.10. The number of thiophene rings is 1. The van der Waals surface area contributed by atoms with Crippen LogP contribution >= 0.6 is 22.9 Å². The Labute approximate surface area is 91.1 Å². The molecule has 0 aliphatic carbocycles. The smallest absolute Gasteiger partial charge is 0.140 e. The fourth-order valence-electron chi connectivity index (χ4n) is 1.20. The molecular formula is C9H10ClN3S. The van der Waals surface area contributed by atoms with Gasteiger partial charge in [-0.05, 0) is 23.9 Å². The van der Waals surface area contributed by atoms with Crippen LogP contribution in [0.2, 0.25) is 5.02 Å². The average Bonchev–Trinajstić information content (AvgIpc) is 2.68. The standard InChI is InChI=1S/C9H10ClN3S/c1-6-2-3-14-8(6)5-13-9(11)7(10)4-12-13/h2-4H,5,11H2,1H3. The summed E-state index contributed by atoms with van der Waals surface area (Å²) in [5, 5.41) is 6.67. The second-order valence-electron chi connectivity index (χ2n) is 3.06. The number of rotatable bonds is 2. The summed E-state index contributed by atoms with van der Waals surface area (Å²) in [4.78, 5) is 1.26. The molecule has 0 amide bonds. The minimum absolute atomic E-state index is 0.513. The summed E-state index contributed by atoms with van der Waals surface area (Å²) in [5.41, 5.74) is 7.01. The number of hydrogen-bond acceptors (Lipinski definition) is 3. The molecule has 0 atom stereocenters. The van der Waals surface area contributed by atoms with Crippen molar-refractivity contribution < 1.29 is 0 Å². The molecule has 0 saturated carbocycles. The molecule has 0 spiro atoms. The third kappa shape index (κ3) is 1.63. The summed E-state index contributed by atoms with van der Waals surface area (Å²) in [7, 11) is 0. The van der Waals surface area contributed by atoms with E-state index in [9.17, 15) is 0 Å². The Morgan fingerprint density at radius 1 is 1.64 bits per heavy atom. The lowest BCUT2D eigenvalue weighted by Crippen LogP contribution is -2.05. The Bertz CT molecular complexity index is 447. The van der Waals surface area contributed by atoms with E-state index in [-0.39, 0.29) is 0 Å². The molecule has 0 aliphatic heterocycles. The third-order valence-corrected chi connectivity index (χ3v) is 3.39. The van der Waals surface area contributed by atoms with Crippen molar-refractivity contribution in [3.63, 3.8) is 0 Å². The molecule has 0 radical (unpaired) electrons. The van der Waals surface area contributed by atoms with E-state index in [2.05, 4.69) is 23.5 Å².